The third kappa shape index (κ3) is 7.55. The van der Waals surface area contributed by atoms with Crippen LogP contribution >= 0.6 is 0 Å². The van der Waals surface area contributed by atoms with Gasteiger partial charge in [-0.3, -0.25) is 4.90 Å². The van der Waals surface area contributed by atoms with Crippen LogP contribution in [0.25, 0.3) is 10.4 Å². The Bertz CT molecular complexity index is 159. The zero-order valence-electron chi connectivity index (χ0n) is 7.89. The van der Waals surface area contributed by atoms with E-state index in [0.717, 1.165) is 6.54 Å². The van der Waals surface area contributed by atoms with Gasteiger partial charge >= 0.3 is 0 Å². The molecule has 0 aromatic rings. The van der Waals surface area contributed by atoms with Crippen LogP contribution in [0.15, 0.2) is 5.11 Å². The van der Waals surface area contributed by atoms with Crippen LogP contribution in [0.4, 0.5) is 0 Å². The van der Waals surface area contributed by atoms with Gasteiger partial charge in [-0.25, -0.2) is 0 Å². The van der Waals surface area contributed by atoms with Crippen LogP contribution in [0.3, 0.4) is 0 Å². The lowest BCUT2D eigenvalue weighted by Crippen LogP contribution is -2.32. The molecule has 0 amide bonds. The van der Waals surface area contributed by atoms with Gasteiger partial charge in [-0.15, -0.1) is 0 Å². The number of aliphatic hydroxyl groups excluding tert-OH is 1. The van der Waals surface area contributed by atoms with Crippen LogP contribution < -0.4 is 0 Å². The zero-order chi connectivity index (χ0) is 9.94. The molecule has 0 aliphatic carbocycles. The summed E-state index contributed by atoms with van der Waals surface area (Å²) in [5.74, 6) is 0. The summed E-state index contributed by atoms with van der Waals surface area (Å²) in [4.78, 5) is 4.64. The highest BCUT2D eigenvalue weighted by atomic mass is 16.5. The minimum atomic E-state index is 0.111. The van der Waals surface area contributed by atoms with Gasteiger partial charge < -0.3 is 9.84 Å². The van der Waals surface area contributed by atoms with Gasteiger partial charge in [0, 0.05) is 38.2 Å². The van der Waals surface area contributed by atoms with Crippen molar-refractivity contribution in [3.8, 4) is 0 Å². The molecule has 0 rings (SSSR count). The number of aliphatic hydroxyl groups is 1. The summed E-state index contributed by atoms with van der Waals surface area (Å²) < 4.78 is 4.90. The summed E-state index contributed by atoms with van der Waals surface area (Å²) in [7, 11) is 1.63. The monoisotopic (exact) mass is 188 g/mol. The Balaban J connectivity index is 3.58. The van der Waals surface area contributed by atoms with Crippen molar-refractivity contribution >= 4 is 0 Å². The van der Waals surface area contributed by atoms with E-state index in [9.17, 15) is 0 Å². The zero-order valence-corrected chi connectivity index (χ0v) is 7.89. The molecule has 0 aliphatic heterocycles. The van der Waals surface area contributed by atoms with Crippen LogP contribution in [0.5, 0.6) is 0 Å². The third-order valence-electron chi connectivity index (χ3n) is 1.61. The van der Waals surface area contributed by atoms with E-state index in [-0.39, 0.29) is 6.61 Å². The number of azide groups is 1. The van der Waals surface area contributed by atoms with E-state index < -0.39 is 0 Å². The van der Waals surface area contributed by atoms with Crippen molar-refractivity contribution in [1.29, 1.82) is 0 Å². The van der Waals surface area contributed by atoms with Gasteiger partial charge in [-0.2, -0.15) is 0 Å². The van der Waals surface area contributed by atoms with E-state index in [0.29, 0.717) is 26.2 Å². The van der Waals surface area contributed by atoms with Crippen molar-refractivity contribution in [3.63, 3.8) is 0 Å². The molecule has 13 heavy (non-hydrogen) atoms. The van der Waals surface area contributed by atoms with Gasteiger partial charge in [0.2, 0.25) is 0 Å². The summed E-state index contributed by atoms with van der Waals surface area (Å²) in [6.45, 7) is 3.16. The van der Waals surface area contributed by atoms with Crippen LogP contribution in [-0.4, -0.2) is 56.5 Å². The largest absolute Gasteiger partial charge is 0.395 e. The summed E-state index contributed by atoms with van der Waals surface area (Å²) in [6, 6.07) is 0. The van der Waals surface area contributed by atoms with Crippen molar-refractivity contribution in [2.24, 2.45) is 5.11 Å². The first-order valence-corrected chi connectivity index (χ1v) is 4.18. The first-order valence-electron chi connectivity index (χ1n) is 4.18. The molecule has 0 saturated carbocycles. The molecule has 0 bridgehead atoms. The average molecular weight is 188 g/mol. The van der Waals surface area contributed by atoms with Gasteiger partial charge in [-0.1, -0.05) is 5.11 Å². The summed E-state index contributed by atoms with van der Waals surface area (Å²) >= 11 is 0. The van der Waals surface area contributed by atoms with Crippen LogP contribution in [0, 0.1) is 0 Å². The van der Waals surface area contributed by atoms with Crippen molar-refractivity contribution < 1.29 is 9.84 Å². The smallest absolute Gasteiger partial charge is 0.0589 e. The number of rotatable bonds is 8. The summed E-state index contributed by atoms with van der Waals surface area (Å²) in [5, 5.41) is 12.1. The lowest BCUT2D eigenvalue weighted by Gasteiger charge is -2.19. The molecular weight excluding hydrogens is 172 g/mol. The van der Waals surface area contributed by atoms with Crippen molar-refractivity contribution in [2.45, 2.75) is 0 Å². The van der Waals surface area contributed by atoms with E-state index in [1.807, 2.05) is 4.90 Å². The molecule has 76 valence electrons. The van der Waals surface area contributed by atoms with E-state index in [4.69, 9.17) is 15.4 Å². The maximum atomic E-state index is 8.71. The molecule has 0 aromatic carbocycles. The van der Waals surface area contributed by atoms with Crippen LogP contribution in [-0.2, 0) is 4.74 Å². The number of methoxy groups -OCH3 is 1. The highest BCUT2D eigenvalue weighted by Crippen LogP contribution is 1.88. The molecule has 0 unspecified atom stereocenters. The van der Waals surface area contributed by atoms with Crippen LogP contribution in [0.2, 0.25) is 0 Å². The summed E-state index contributed by atoms with van der Waals surface area (Å²) in [6.07, 6.45) is 0. The molecule has 0 fully saturated rings. The Morgan fingerprint density at radius 3 is 2.77 bits per heavy atom. The van der Waals surface area contributed by atoms with Crippen molar-refractivity contribution in [1.82, 2.24) is 4.90 Å². The molecule has 0 heterocycles. The quantitative estimate of drug-likeness (QED) is 0.336. The van der Waals surface area contributed by atoms with E-state index in [2.05, 4.69) is 10.0 Å². The van der Waals surface area contributed by atoms with Gasteiger partial charge in [0.05, 0.1) is 13.2 Å². The molecule has 1 N–H and O–H groups in total. The maximum absolute atomic E-state index is 8.71. The molecule has 0 aromatic heterocycles. The Morgan fingerprint density at radius 2 is 2.23 bits per heavy atom. The Kier molecular flexibility index (Phi) is 8.70. The maximum Gasteiger partial charge on any atom is 0.0589 e. The fourth-order valence-corrected chi connectivity index (χ4v) is 0.928. The van der Waals surface area contributed by atoms with Gasteiger partial charge in [-0.05, 0) is 5.53 Å². The molecule has 6 heteroatoms. The van der Waals surface area contributed by atoms with Crippen molar-refractivity contribution in [3.05, 3.63) is 10.4 Å². The predicted molar refractivity (Wildman–Crippen MR) is 49.4 cm³/mol. The van der Waals surface area contributed by atoms with Gasteiger partial charge in [0.1, 0.15) is 0 Å². The molecule has 0 radical (unpaired) electrons. The van der Waals surface area contributed by atoms with Crippen LogP contribution in [0.1, 0.15) is 0 Å². The molecule has 0 aliphatic rings. The van der Waals surface area contributed by atoms with E-state index in [1.54, 1.807) is 7.11 Å². The molecular formula is C7H16N4O2. The first kappa shape index (κ1) is 12.2. The fourth-order valence-electron chi connectivity index (χ4n) is 0.928. The Morgan fingerprint density at radius 1 is 1.46 bits per heavy atom. The normalized spacial score (nSPS) is 10.1. The number of hydrogen-bond acceptors (Lipinski definition) is 4. The average Bonchev–Trinajstić information content (AvgIpc) is 2.14. The van der Waals surface area contributed by atoms with E-state index >= 15 is 0 Å². The molecule has 0 saturated heterocycles. The molecule has 0 spiro atoms. The fraction of sp³-hybridized carbons (Fsp3) is 1.00. The van der Waals surface area contributed by atoms with Crippen molar-refractivity contribution in [2.75, 3.05) is 46.5 Å². The Hall–Kier alpha value is -0.810. The lowest BCUT2D eigenvalue weighted by atomic mass is 10.4. The third-order valence-corrected chi connectivity index (χ3v) is 1.61. The standard InChI is InChI=1S/C7H16N4O2/c1-13-7-5-11(4-6-12)3-2-9-10-8/h12H,2-7H2,1H3. The SMILES string of the molecule is COCCN(CCO)CCN=[N+]=[N-]. The second-order valence-electron chi connectivity index (χ2n) is 2.51. The summed E-state index contributed by atoms with van der Waals surface area (Å²) in [5.41, 5.74) is 8.05. The first-order chi connectivity index (χ1) is 6.35. The highest BCUT2D eigenvalue weighted by molar-refractivity contribution is 4.59. The number of nitrogens with zero attached hydrogens (tertiary/aromatic N) is 4. The highest BCUT2D eigenvalue weighted by Gasteiger charge is 2.01. The molecule has 6 nitrogen and oxygen atoms in total. The predicted octanol–water partition coefficient (Wildman–Crippen LogP) is 0.237. The Labute approximate surface area is 77.7 Å². The second-order valence-corrected chi connectivity index (χ2v) is 2.51. The second kappa shape index (κ2) is 9.28. The van der Waals surface area contributed by atoms with Gasteiger partial charge in [0.25, 0.3) is 0 Å². The molecule has 0 atom stereocenters. The number of hydrogen-bond donors (Lipinski definition) is 1. The van der Waals surface area contributed by atoms with E-state index in [1.165, 1.54) is 0 Å². The number of ether oxygens (including phenoxy) is 1. The lowest BCUT2D eigenvalue weighted by molar-refractivity contribution is 0.133. The topological polar surface area (TPSA) is 81.5 Å². The minimum Gasteiger partial charge on any atom is -0.395 e. The minimum absolute atomic E-state index is 0.111. The van der Waals surface area contributed by atoms with Gasteiger partial charge in [0.15, 0.2) is 0 Å².